The molecule has 1 heterocycles. The fraction of sp³-hybridized carbons (Fsp3) is 0.400. The third-order valence-corrected chi connectivity index (χ3v) is 4.23. The van der Waals surface area contributed by atoms with Crippen LogP contribution in [0.3, 0.4) is 0 Å². The van der Waals surface area contributed by atoms with Crippen LogP contribution in [0.1, 0.15) is 31.9 Å². The maximum absolute atomic E-state index is 4.41. The third kappa shape index (κ3) is 3.64. The van der Waals surface area contributed by atoms with Crippen LogP contribution in [-0.4, -0.2) is 9.78 Å². The SMILES string of the molecule is Cc1cc(Br)c(NCc2cnn(C(C)(C)C)c2)c(Br)c1. The van der Waals surface area contributed by atoms with Gasteiger partial charge in [-0.2, -0.15) is 5.10 Å². The van der Waals surface area contributed by atoms with Gasteiger partial charge in [-0.1, -0.05) is 0 Å². The number of benzene rings is 1. The summed E-state index contributed by atoms with van der Waals surface area (Å²) in [6.07, 6.45) is 4.00. The van der Waals surface area contributed by atoms with E-state index in [1.807, 2.05) is 10.9 Å². The maximum Gasteiger partial charge on any atom is 0.0631 e. The van der Waals surface area contributed by atoms with Crippen molar-refractivity contribution in [3.05, 3.63) is 44.6 Å². The zero-order valence-electron chi connectivity index (χ0n) is 12.2. The van der Waals surface area contributed by atoms with Crippen molar-refractivity contribution < 1.29 is 0 Å². The molecular weight excluding hydrogens is 382 g/mol. The first-order valence-electron chi connectivity index (χ1n) is 6.51. The van der Waals surface area contributed by atoms with E-state index in [1.54, 1.807) is 0 Å². The number of hydrogen-bond acceptors (Lipinski definition) is 2. The molecule has 5 heteroatoms. The number of nitrogens with one attached hydrogen (secondary N) is 1. The molecule has 0 fully saturated rings. The van der Waals surface area contributed by atoms with Gasteiger partial charge in [-0.3, -0.25) is 4.68 Å². The summed E-state index contributed by atoms with van der Waals surface area (Å²) in [5.74, 6) is 0. The van der Waals surface area contributed by atoms with Gasteiger partial charge in [-0.15, -0.1) is 0 Å². The summed E-state index contributed by atoms with van der Waals surface area (Å²) < 4.78 is 4.11. The Morgan fingerprint density at radius 1 is 1.20 bits per heavy atom. The van der Waals surface area contributed by atoms with Gasteiger partial charge in [0.15, 0.2) is 0 Å². The van der Waals surface area contributed by atoms with Crippen molar-refractivity contribution in [1.82, 2.24) is 9.78 Å². The Morgan fingerprint density at radius 3 is 2.30 bits per heavy atom. The summed E-state index contributed by atoms with van der Waals surface area (Å²) >= 11 is 7.19. The smallest absolute Gasteiger partial charge is 0.0631 e. The van der Waals surface area contributed by atoms with Crippen molar-refractivity contribution in [2.45, 2.75) is 39.8 Å². The van der Waals surface area contributed by atoms with E-state index in [0.29, 0.717) is 0 Å². The van der Waals surface area contributed by atoms with Crippen LogP contribution in [0.15, 0.2) is 33.5 Å². The van der Waals surface area contributed by atoms with E-state index < -0.39 is 0 Å². The van der Waals surface area contributed by atoms with Gasteiger partial charge in [0.25, 0.3) is 0 Å². The number of anilines is 1. The average molecular weight is 401 g/mol. The van der Waals surface area contributed by atoms with Crippen molar-refractivity contribution in [3.63, 3.8) is 0 Å². The number of rotatable bonds is 3. The number of halogens is 2. The van der Waals surface area contributed by atoms with E-state index in [-0.39, 0.29) is 5.54 Å². The lowest BCUT2D eigenvalue weighted by molar-refractivity contribution is 0.355. The molecule has 108 valence electrons. The molecule has 1 N–H and O–H groups in total. The second kappa shape index (κ2) is 5.90. The van der Waals surface area contributed by atoms with E-state index in [0.717, 1.165) is 21.2 Å². The summed E-state index contributed by atoms with van der Waals surface area (Å²) in [6.45, 7) is 9.25. The predicted octanol–water partition coefficient (Wildman–Crippen LogP) is 5.08. The highest BCUT2D eigenvalue weighted by atomic mass is 79.9. The lowest BCUT2D eigenvalue weighted by Gasteiger charge is -2.18. The molecule has 1 aromatic heterocycles. The number of aryl methyl sites for hydroxylation is 1. The first-order valence-corrected chi connectivity index (χ1v) is 8.09. The maximum atomic E-state index is 4.41. The topological polar surface area (TPSA) is 29.9 Å². The van der Waals surface area contributed by atoms with Gasteiger partial charge in [0.2, 0.25) is 0 Å². The van der Waals surface area contributed by atoms with Crippen LogP contribution >= 0.6 is 31.9 Å². The van der Waals surface area contributed by atoms with E-state index in [2.05, 4.69) is 88.3 Å². The van der Waals surface area contributed by atoms with Crippen LogP contribution in [0.25, 0.3) is 0 Å². The highest BCUT2D eigenvalue weighted by Gasteiger charge is 2.14. The van der Waals surface area contributed by atoms with E-state index >= 15 is 0 Å². The Hall–Kier alpha value is -0.810. The van der Waals surface area contributed by atoms with E-state index in [4.69, 9.17) is 0 Å². The van der Waals surface area contributed by atoms with Gasteiger partial charge in [-0.05, 0) is 77.3 Å². The summed E-state index contributed by atoms with van der Waals surface area (Å²) in [4.78, 5) is 0. The molecule has 0 aliphatic rings. The largest absolute Gasteiger partial charge is 0.379 e. The Morgan fingerprint density at radius 2 is 1.80 bits per heavy atom. The summed E-state index contributed by atoms with van der Waals surface area (Å²) in [7, 11) is 0. The summed E-state index contributed by atoms with van der Waals surface area (Å²) in [5, 5.41) is 7.85. The highest BCUT2D eigenvalue weighted by molar-refractivity contribution is 9.11. The highest BCUT2D eigenvalue weighted by Crippen LogP contribution is 2.32. The number of hydrogen-bond donors (Lipinski definition) is 1. The van der Waals surface area contributed by atoms with Crippen molar-refractivity contribution in [3.8, 4) is 0 Å². The quantitative estimate of drug-likeness (QED) is 0.777. The van der Waals surface area contributed by atoms with Crippen LogP contribution in [0.5, 0.6) is 0 Å². The van der Waals surface area contributed by atoms with Gasteiger partial charge >= 0.3 is 0 Å². The fourth-order valence-electron chi connectivity index (χ4n) is 1.88. The Kier molecular flexibility index (Phi) is 4.59. The zero-order valence-corrected chi connectivity index (χ0v) is 15.3. The van der Waals surface area contributed by atoms with Crippen molar-refractivity contribution in [1.29, 1.82) is 0 Å². The van der Waals surface area contributed by atoms with Gasteiger partial charge in [-0.25, -0.2) is 0 Å². The minimum atomic E-state index is 0.0171. The molecule has 0 unspecified atom stereocenters. The van der Waals surface area contributed by atoms with Gasteiger partial charge in [0.1, 0.15) is 0 Å². The van der Waals surface area contributed by atoms with Gasteiger partial charge in [0.05, 0.1) is 17.4 Å². The first kappa shape index (κ1) is 15.6. The predicted molar refractivity (Wildman–Crippen MR) is 91.1 cm³/mol. The zero-order chi connectivity index (χ0) is 14.9. The van der Waals surface area contributed by atoms with Crippen LogP contribution < -0.4 is 5.32 Å². The van der Waals surface area contributed by atoms with Crippen LogP contribution in [0.4, 0.5) is 5.69 Å². The second-order valence-electron chi connectivity index (χ2n) is 5.92. The van der Waals surface area contributed by atoms with Crippen LogP contribution in [-0.2, 0) is 12.1 Å². The lowest BCUT2D eigenvalue weighted by atomic mass is 10.1. The van der Waals surface area contributed by atoms with E-state index in [1.165, 1.54) is 11.1 Å². The molecule has 0 saturated heterocycles. The minimum Gasteiger partial charge on any atom is -0.379 e. The monoisotopic (exact) mass is 399 g/mol. The molecule has 2 rings (SSSR count). The molecule has 1 aromatic carbocycles. The molecule has 0 amide bonds. The molecule has 2 aromatic rings. The Labute approximate surface area is 137 Å². The van der Waals surface area contributed by atoms with Gasteiger partial charge < -0.3 is 5.32 Å². The molecule has 0 bridgehead atoms. The normalized spacial score (nSPS) is 11.7. The molecule has 0 aliphatic carbocycles. The average Bonchev–Trinajstić information content (AvgIpc) is 2.75. The Bertz CT molecular complexity index is 589. The van der Waals surface area contributed by atoms with Crippen LogP contribution in [0.2, 0.25) is 0 Å². The summed E-state index contributed by atoms with van der Waals surface area (Å²) in [6, 6.07) is 4.21. The Balaban J connectivity index is 2.12. The van der Waals surface area contributed by atoms with E-state index in [9.17, 15) is 0 Å². The first-order chi connectivity index (χ1) is 9.27. The molecule has 0 atom stereocenters. The molecule has 3 nitrogen and oxygen atoms in total. The van der Waals surface area contributed by atoms with Crippen molar-refractivity contribution >= 4 is 37.5 Å². The fourth-order valence-corrected chi connectivity index (χ4v) is 3.57. The molecule has 0 aliphatic heterocycles. The summed E-state index contributed by atoms with van der Waals surface area (Å²) in [5.41, 5.74) is 3.47. The number of aromatic nitrogens is 2. The number of nitrogens with zero attached hydrogens (tertiary/aromatic N) is 2. The molecule has 20 heavy (non-hydrogen) atoms. The second-order valence-corrected chi connectivity index (χ2v) is 7.63. The standard InChI is InChI=1S/C15H19Br2N3/c1-10-5-12(16)14(13(17)6-10)18-7-11-8-19-20(9-11)15(2,3)4/h5-6,8-9,18H,7H2,1-4H3. The molecular formula is C15H19Br2N3. The van der Waals surface area contributed by atoms with Crippen molar-refractivity contribution in [2.75, 3.05) is 5.32 Å². The lowest BCUT2D eigenvalue weighted by Crippen LogP contribution is -2.21. The van der Waals surface area contributed by atoms with Crippen molar-refractivity contribution in [2.24, 2.45) is 0 Å². The minimum absolute atomic E-state index is 0.0171. The van der Waals surface area contributed by atoms with Gasteiger partial charge in [0, 0.05) is 27.3 Å². The molecule has 0 spiro atoms. The van der Waals surface area contributed by atoms with Crippen LogP contribution in [0, 0.1) is 6.92 Å². The molecule has 0 saturated carbocycles. The molecule has 0 radical (unpaired) electrons. The third-order valence-electron chi connectivity index (χ3n) is 2.98.